The zero-order valence-corrected chi connectivity index (χ0v) is 14.5. The molecule has 0 heterocycles. The number of allylic oxidation sites excluding steroid dienone is 1. The summed E-state index contributed by atoms with van der Waals surface area (Å²) in [6.07, 6.45) is 2.90. The van der Waals surface area contributed by atoms with Crippen LogP contribution in [0.2, 0.25) is 0 Å². The number of methoxy groups -OCH3 is 1. The van der Waals surface area contributed by atoms with Gasteiger partial charge in [-0.25, -0.2) is 0 Å². The summed E-state index contributed by atoms with van der Waals surface area (Å²) in [6.45, 7) is 1.66. The van der Waals surface area contributed by atoms with Crippen LogP contribution in [0.1, 0.15) is 30.4 Å². The van der Waals surface area contributed by atoms with Crippen LogP contribution in [0, 0.1) is 11.8 Å². The molecule has 3 nitrogen and oxygen atoms in total. The maximum absolute atomic E-state index is 13.1. The zero-order chi connectivity index (χ0) is 17.6. The Bertz CT molecular complexity index is 818. The summed E-state index contributed by atoms with van der Waals surface area (Å²) in [5, 5.41) is 10.7. The van der Waals surface area contributed by atoms with Gasteiger partial charge in [0.05, 0.1) is 13.0 Å². The maximum Gasteiger partial charge on any atom is 0.172 e. The second-order valence-corrected chi connectivity index (χ2v) is 7.20. The van der Waals surface area contributed by atoms with E-state index < -0.39 is 5.60 Å². The van der Waals surface area contributed by atoms with Gasteiger partial charge in [-0.3, -0.25) is 4.79 Å². The van der Waals surface area contributed by atoms with E-state index in [2.05, 4.69) is 6.08 Å². The molecule has 3 aliphatic carbocycles. The fourth-order valence-corrected chi connectivity index (χ4v) is 4.31. The molecule has 5 rings (SSSR count). The number of benzene rings is 2. The molecule has 3 unspecified atom stereocenters. The van der Waals surface area contributed by atoms with Crippen LogP contribution in [0.4, 0.5) is 0 Å². The van der Waals surface area contributed by atoms with Gasteiger partial charge in [0.2, 0.25) is 0 Å². The van der Waals surface area contributed by atoms with Gasteiger partial charge in [0, 0.05) is 5.92 Å². The first-order valence-corrected chi connectivity index (χ1v) is 8.70. The van der Waals surface area contributed by atoms with Crippen molar-refractivity contribution in [3.8, 4) is 5.75 Å². The van der Waals surface area contributed by atoms with Gasteiger partial charge in [0.15, 0.2) is 5.78 Å². The molecule has 4 atom stereocenters. The number of carbonyl (C=O) groups is 1. The molecule has 2 aromatic rings. The molecule has 0 saturated heterocycles. The number of carbonyl (C=O) groups excluding carboxylic acids is 1. The molecule has 0 amide bonds. The van der Waals surface area contributed by atoms with Crippen molar-refractivity contribution in [3.05, 3.63) is 71.8 Å². The van der Waals surface area contributed by atoms with E-state index in [0.717, 1.165) is 28.9 Å². The molecular formula is C22H22O3. The molecule has 3 heteroatoms. The smallest absolute Gasteiger partial charge is 0.172 e. The van der Waals surface area contributed by atoms with E-state index in [9.17, 15) is 9.90 Å². The van der Waals surface area contributed by atoms with Gasteiger partial charge in [0.1, 0.15) is 11.4 Å². The summed E-state index contributed by atoms with van der Waals surface area (Å²) in [5.74, 6) is 0.361. The van der Waals surface area contributed by atoms with Gasteiger partial charge in [-0.2, -0.15) is 0 Å². The van der Waals surface area contributed by atoms with Crippen LogP contribution >= 0.6 is 0 Å². The maximum atomic E-state index is 13.1. The number of fused-ring (bicyclic) bond motifs is 2. The number of hydrogen-bond donors (Lipinski definition) is 1. The first-order chi connectivity index (χ1) is 12.0. The SMILES string of the molecule is COc1ccc(C2CC3C=C(c4ccccc4)[C@H]2C(=O)C3(C)O)cc1. The molecule has 0 aliphatic heterocycles. The average Bonchev–Trinajstić information content (AvgIpc) is 2.66. The lowest BCUT2D eigenvalue weighted by molar-refractivity contribution is -0.148. The highest BCUT2D eigenvalue weighted by Crippen LogP contribution is 2.54. The normalized spacial score (nSPS) is 30.9. The Morgan fingerprint density at radius 1 is 1.08 bits per heavy atom. The van der Waals surface area contributed by atoms with Crippen molar-refractivity contribution in [3.63, 3.8) is 0 Å². The Morgan fingerprint density at radius 2 is 1.76 bits per heavy atom. The highest BCUT2D eigenvalue weighted by molar-refractivity contribution is 6.03. The number of hydrogen-bond acceptors (Lipinski definition) is 3. The Hall–Kier alpha value is -2.39. The topological polar surface area (TPSA) is 46.5 Å². The van der Waals surface area contributed by atoms with Gasteiger partial charge in [-0.15, -0.1) is 0 Å². The Labute approximate surface area is 148 Å². The van der Waals surface area contributed by atoms with Crippen LogP contribution in [0.5, 0.6) is 5.75 Å². The average molecular weight is 334 g/mol. The third-order valence-electron chi connectivity index (χ3n) is 5.78. The van der Waals surface area contributed by atoms with Crippen LogP contribution in [0.3, 0.4) is 0 Å². The lowest BCUT2D eigenvalue weighted by Gasteiger charge is -2.48. The highest BCUT2D eigenvalue weighted by Gasteiger charge is 2.55. The lowest BCUT2D eigenvalue weighted by Crippen LogP contribution is -2.55. The van der Waals surface area contributed by atoms with E-state index in [1.54, 1.807) is 14.0 Å². The van der Waals surface area contributed by atoms with Crippen LogP contribution in [-0.4, -0.2) is 23.6 Å². The summed E-state index contributed by atoms with van der Waals surface area (Å²) in [5.41, 5.74) is 1.97. The standard InChI is InChI=1S/C22H22O3/c1-22(24)16-12-18(14-6-4-3-5-7-14)20(21(22)23)19(13-16)15-8-10-17(25-2)11-9-15/h3-12,16,19-20,24H,13H2,1-2H3/t16?,19?,20-,22?/m1/s1. The summed E-state index contributed by atoms with van der Waals surface area (Å²) >= 11 is 0. The van der Waals surface area contributed by atoms with Crippen molar-refractivity contribution in [2.45, 2.75) is 24.9 Å². The Morgan fingerprint density at radius 3 is 2.36 bits per heavy atom. The number of rotatable bonds is 3. The van der Waals surface area contributed by atoms with Crippen molar-refractivity contribution < 1.29 is 14.6 Å². The summed E-state index contributed by atoms with van der Waals surface area (Å²) < 4.78 is 5.24. The number of ketones is 1. The molecule has 0 spiro atoms. The Kier molecular flexibility index (Phi) is 3.77. The van der Waals surface area contributed by atoms with E-state index in [1.165, 1.54) is 0 Å². The third-order valence-corrected chi connectivity index (χ3v) is 5.78. The van der Waals surface area contributed by atoms with Gasteiger partial charge in [0.25, 0.3) is 0 Å². The first kappa shape index (κ1) is 16.1. The van der Waals surface area contributed by atoms with Crippen molar-refractivity contribution >= 4 is 11.4 Å². The largest absolute Gasteiger partial charge is 0.497 e. The highest BCUT2D eigenvalue weighted by atomic mass is 16.5. The van der Waals surface area contributed by atoms with E-state index in [4.69, 9.17) is 4.74 Å². The summed E-state index contributed by atoms with van der Waals surface area (Å²) in [7, 11) is 1.65. The minimum Gasteiger partial charge on any atom is -0.497 e. The first-order valence-electron chi connectivity index (χ1n) is 8.70. The molecule has 0 aromatic heterocycles. The van der Waals surface area contributed by atoms with Crippen LogP contribution < -0.4 is 4.74 Å². The monoisotopic (exact) mass is 334 g/mol. The minimum absolute atomic E-state index is 0.0640. The molecule has 2 aromatic carbocycles. The van der Waals surface area contributed by atoms with Crippen molar-refractivity contribution in [2.24, 2.45) is 11.8 Å². The fraction of sp³-hybridized carbons (Fsp3) is 0.318. The molecule has 1 fully saturated rings. The predicted octanol–water partition coefficient (Wildman–Crippen LogP) is 3.83. The van der Waals surface area contributed by atoms with Gasteiger partial charge in [-0.1, -0.05) is 48.5 Å². The molecule has 3 aliphatic rings. The van der Waals surface area contributed by atoms with Crippen LogP contribution in [0.15, 0.2) is 60.7 Å². The van der Waals surface area contributed by atoms with E-state index in [-0.39, 0.29) is 23.5 Å². The summed E-state index contributed by atoms with van der Waals surface area (Å²) in [4.78, 5) is 13.1. The number of aliphatic hydroxyl groups is 1. The predicted molar refractivity (Wildman–Crippen MR) is 97.4 cm³/mol. The molecular weight excluding hydrogens is 312 g/mol. The van der Waals surface area contributed by atoms with E-state index in [1.807, 2.05) is 54.6 Å². The van der Waals surface area contributed by atoms with Crippen LogP contribution in [-0.2, 0) is 4.79 Å². The second-order valence-electron chi connectivity index (χ2n) is 7.20. The molecule has 128 valence electrons. The van der Waals surface area contributed by atoms with Crippen molar-refractivity contribution in [2.75, 3.05) is 7.11 Å². The van der Waals surface area contributed by atoms with Gasteiger partial charge in [-0.05, 0) is 48.1 Å². The number of ether oxygens (including phenoxy) is 1. The Balaban J connectivity index is 1.79. The summed E-state index contributed by atoms with van der Waals surface area (Å²) in [6, 6.07) is 18.0. The van der Waals surface area contributed by atoms with Crippen molar-refractivity contribution in [1.82, 2.24) is 0 Å². The lowest BCUT2D eigenvalue weighted by atomic mass is 9.56. The number of Topliss-reactive ketones (excluding diaryl/α,β-unsaturated/α-hetero) is 1. The molecule has 1 N–H and O–H groups in total. The van der Waals surface area contributed by atoms with Gasteiger partial charge < -0.3 is 9.84 Å². The zero-order valence-electron chi connectivity index (χ0n) is 14.5. The quantitative estimate of drug-likeness (QED) is 0.928. The third kappa shape index (κ3) is 2.50. The fourth-order valence-electron chi connectivity index (χ4n) is 4.31. The van der Waals surface area contributed by atoms with Gasteiger partial charge >= 0.3 is 0 Å². The minimum atomic E-state index is -1.27. The molecule has 0 radical (unpaired) electrons. The molecule has 25 heavy (non-hydrogen) atoms. The second kappa shape index (κ2) is 5.85. The molecule has 2 bridgehead atoms. The van der Waals surface area contributed by atoms with E-state index in [0.29, 0.717) is 0 Å². The van der Waals surface area contributed by atoms with Crippen LogP contribution in [0.25, 0.3) is 5.57 Å². The molecule has 1 saturated carbocycles. The van der Waals surface area contributed by atoms with Crippen molar-refractivity contribution in [1.29, 1.82) is 0 Å². The van der Waals surface area contributed by atoms with E-state index >= 15 is 0 Å².